The highest BCUT2D eigenvalue weighted by Gasteiger charge is 2.45. The summed E-state index contributed by atoms with van der Waals surface area (Å²) in [4.78, 5) is 14.2. The Kier molecular flexibility index (Phi) is 18.2. The average molecular weight is 846 g/mol. The second-order valence-corrected chi connectivity index (χ2v) is 17.8. The first-order valence-electron chi connectivity index (χ1n) is 20.8. The fraction of sp³-hybridized carbons (Fsp3) is 0.659. The van der Waals surface area contributed by atoms with Crippen LogP contribution < -0.4 is 0 Å². The molecule has 4 heterocycles. The van der Waals surface area contributed by atoms with Gasteiger partial charge in [-0.15, -0.1) is 11.3 Å². The van der Waals surface area contributed by atoms with Crippen molar-refractivity contribution in [3.63, 3.8) is 0 Å². The van der Waals surface area contributed by atoms with Gasteiger partial charge in [0, 0.05) is 37.0 Å². The van der Waals surface area contributed by atoms with E-state index < -0.39 is 6.10 Å². The van der Waals surface area contributed by atoms with Crippen LogP contribution in [0.15, 0.2) is 70.6 Å². The zero-order valence-electron chi connectivity index (χ0n) is 32.2. The zero-order valence-corrected chi connectivity index (χ0v) is 34.6. The van der Waals surface area contributed by atoms with Crippen molar-refractivity contribution in [1.82, 2.24) is 0 Å². The van der Waals surface area contributed by atoms with E-state index in [1.165, 1.54) is 4.88 Å². The zero-order chi connectivity index (χ0) is 38.1. The fourth-order valence-corrected chi connectivity index (χ4v) is 9.48. The molecule has 0 radical (unpaired) electrons. The van der Waals surface area contributed by atoms with Gasteiger partial charge >= 0.3 is 5.97 Å². The topological polar surface area (TPSA) is 102 Å². The number of carbonyl (C=O) groups is 1. The van der Waals surface area contributed by atoms with Crippen molar-refractivity contribution in [2.24, 2.45) is 11.8 Å². The van der Waals surface area contributed by atoms with E-state index in [4.69, 9.17) is 33.2 Å². The quantitative estimate of drug-likeness (QED) is 0.0794. The van der Waals surface area contributed by atoms with Gasteiger partial charge < -0.3 is 38.3 Å². The number of aliphatic hydroxyl groups excluding tert-OH is 1. The number of rotatable bonds is 20. The summed E-state index contributed by atoms with van der Waals surface area (Å²) >= 11 is 5.26. The molecule has 4 aliphatic rings. The lowest BCUT2D eigenvalue weighted by atomic mass is 9.89. The maximum absolute atomic E-state index is 13.0. The van der Waals surface area contributed by atoms with Crippen LogP contribution in [0.3, 0.4) is 0 Å². The Labute approximate surface area is 340 Å². The maximum atomic E-state index is 13.0. The lowest BCUT2D eigenvalue weighted by Crippen LogP contribution is -2.31. The van der Waals surface area contributed by atoms with Crippen LogP contribution in [0.2, 0.25) is 0 Å². The van der Waals surface area contributed by atoms with Crippen LogP contribution >= 0.6 is 27.3 Å². The second kappa shape index (κ2) is 23.5. The van der Waals surface area contributed by atoms with Gasteiger partial charge in [0.15, 0.2) is 18.9 Å². The summed E-state index contributed by atoms with van der Waals surface area (Å²) in [5.74, 6) is -0.131. The Morgan fingerprint density at radius 1 is 0.855 bits per heavy atom. The largest absolute Gasteiger partial charge is 0.456 e. The van der Waals surface area contributed by atoms with Crippen LogP contribution in [0.4, 0.5) is 0 Å². The molecule has 2 aromatic rings. The molecule has 4 unspecified atom stereocenters. The first kappa shape index (κ1) is 42.7. The van der Waals surface area contributed by atoms with Crippen LogP contribution in [0.25, 0.3) is 0 Å². The average Bonchev–Trinajstić information content (AvgIpc) is 3.79. The summed E-state index contributed by atoms with van der Waals surface area (Å²) in [7, 11) is 0. The minimum atomic E-state index is -0.553. The van der Waals surface area contributed by atoms with E-state index in [9.17, 15) is 9.90 Å². The highest BCUT2D eigenvalue weighted by atomic mass is 79.9. The molecule has 1 aromatic heterocycles. The van der Waals surface area contributed by atoms with Gasteiger partial charge in [0.2, 0.25) is 0 Å². The van der Waals surface area contributed by atoms with Crippen molar-refractivity contribution in [2.75, 3.05) is 26.4 Å². The highest BCUT2D eigenvalue weighted by molar-refractivity contribution is 9.11. The van der Waals surface area contributed by atoms with Crippen molar-refractivity contribution >= 4 is 33.2 Å². The molecule has 0 spiro atoms. The fourth-order valence-electron chi connectivity index (χ4n) is 7.98. The van der Waals surface area contributed by atoms with Crippen molar-refractivity contribution in [3.05, 3.63) is 81.0 Å². The molecule has 9 nitrogen and oxygen atoms in total. The van der Waals surface area contributed by atoms with Crippen LogP contribution in [0.5, 0.6) is 0 Å². The van der Waals surface area contributed by atoms with E-state index in [-0.39, 0.29) is 55.0 Å². The van der Waals surface area contributed by atoms with Gasteiger partial charge in [-0.3, -0.25) is 0 Å². The molecule has 304 valence electrons. The summed E-state index contributed by atoms with van der Waals surface area (Å²) in [6, 6.07) is 13.3. The maximum Gasteiger partial charge on any atom is 0.338 e. The third-order valence-corrected chi connectivity index (χ3v) is 12.7. The number of aryl methyl sites for hydroxylation is 1. The first-order chi connectivity index (χ1) is 27.0. The summed E-state index contributed by atoms with van der Waals surface area (Å²) in [5.41, 5.74) is 0.539. The Hall–Kier alpha value is -1.93. The number of aliphatic hydroxyl groups is 1. The lowest BCUT2D eigenvalue weighted by Gasteiger charge is -2.30. The molecular weight excluding hydrogens is 784 g/mol. The van der Waals surface area contributed by atoms with Gasteiger partial charge in [0.25, 0.3) is 0 Å². The van der Waals surface area contributed by atoms with Gasteiger partial charge in [0.05, 0.1) is 34.3 Å². The number of halogens is 1. The minimum Gasteiger partial charge on any atom is -0.456 e. The van der Waals surface area contributed by atoms with Crippen molar-refractivity contribution < 1.29 is 43.1 Å². The number of benzene rings is 1. The number of unbranched alkanes of at least 4 members (excludes halogenated alkanes) is 1. The van der Waals surface area contributed by atoms with Crippen LogP contribution in [-0.4, -0.2) is 80.8 Å². The summed E-state index contributed by atoms with van der Waals surface area (Å²) in [6.07, 6.45) is 21.5. The molecular formula is C44H61BrO9S. The summed E-state index contributed by atoms with van der Waals surface area (Å²) in [6.45, 7) is 2.48. The molecule has 6 rings (SSSR count). The molecule has 1 N–H and O–H groups in total. The monoisotopic (exact) mass is 844 g/mol. The van der Waals surface area contributed by atoms with E-state index in [0.29, 0.717) is 31.6 Å². The molecule has 4 fully saturated rings. The molecule has 9 atom stereocenters. The number of thiophene rings is 1. The second-order valence-electron chi connectivity index (χ2n) is 15.3. The summed E-state index contributed by atoms with van der Waals surface area (Å²) < 4.78 is 44.5. The van der Waals surface area contributed by atoms with Gasteiger partial charge in [-0.25, -0.2) is 4.79 Å². The van der Waals surface area contributed by atoms with Gasteiger partial charge in [0.1, 0.15) is 6.10 Å². The standard InChI is InChI=1S/C44H61BrO9S/c45-40-26-24-35(55-40)23-21-33(46)22-25-37-36(38(53-42-19-9-12-28-49-42)30-39(37)54-43-20-10-13-29-50-43)17-7-2-1-6-16-34(31-51-41-18-8-11-27-48-41)52-44(47)32-14-4-3-5-15-32/h2-5,7,14-15,22,24-26,33-34,36-39,41-43,46H,1,6,8-13,16-21,23,27-31H2/b7-2-,25-22+/t33-,34?,36+,37+,38-,39+,41?,42?,43?/m0/s1. The molecule has 0 amide bonds. The van der Waals surface area contributed by atoms with Gasteiger partial charge in [-0.05, 0) is 142 Å². The summed E-state index contributed by atoms with van der Waals surface area (Å²) in [5, 5.41) is 11.1. The lowest BCUT2D eigenvalue weighted by molar-refractivity contribution is -0.203. The molecule has 55 heavy (non-hydrogen) atoms. The third-order valence-electron chi connectivity index (χ3n) is 11.0. The Morgan fingerprint density at radius 3 is 2.20 bits per heavy atom. The Balaban J connectivity index is 1.08. The molecule has 1 saturated carbocycles. The predicted octanol–water partition coefficient (Wildman–Crippen LogP) is 9.71. The Morgan fingerprint density at radius 2 is 1.55 bits per heavy atom. The minimum absolute atomic E-state index is 0.0439. The highest BCUT2D eigenvalue weighted by Crippen LogP contribution is 2.42. The predicted molar refractivity (Wildman–Crippen MR) is 217 cm³/mol. The third kappa shape index (κ3) is 14.4. The number of carbonyl (C=O) groups excluding carboxylic acids is 1. The van der Waals surface area contributed by atoms with E-state index in [2.05, 4.69) is 46.3 Å². The normalized spacial score (nSPS) is 28.8. The molecule has 1 aliphatic carbocycles. The van der Waals surface area contributed by atoms with E-state index in [0.717, 1.165) is 107 Å². The van der Waals surface area contributed by atoms with Crippen molar-refractivity contribution in [2.45, 2.75) is 146 Å². The van der Waals surface area contributed by atoms with Crippen LogP contribution in [0, 0.1) is 11.8 Å². The SMILES string of the molecule is O=C(OC(CCC/C=C\C[C@@H]1[C@@H](/C=C/[C@@H](O)CCc2ccc(Br)s2)[C@H](OC2CCCCO2)C[C@@H]1OC1CCCCO1)COC1CCCCO1)c1ccccc1. The van der Waals surface area contributed by atoms with E-state index >= 15 is 0 Å². The smallest absolute Gasteiger partial charge is 0.338 e. The number of hydrogen-bond acceptors (Lipinski definition) is 10. The number of allylic oxidation sites excluding steroid dienone is 2. The number of ether oxygens (including phenoxy) is 7. The van der Waals surface area contributed by atoms with Crippen LogP contribution in [-0.2, 0) is 39.6 Å². The van der Waals surface area contributed by atoms with Crippen molar-refractivity contribution in [1.29, 1.82) is 0 Å². The molecule has 3 aliphatic heterocycles. The van der Waals surface area contributed by atoms with Gasteiger partial charge in [-0.1, -0.05) is 42.5 Å². The van der Waals surface area contributed by atoms with Crippen molar-refractivity contribution in [3.8, 4) is 0 Å². The molecule has 3 saturated heterocycles. The Bertz CT molecular complexity index is 1430. The molecule has 1 aromatic carbocycles. The van der Waals surface area contributed by atoms with E-state index in [1.54, 1.807) is 23.5 Å². The number of hydrogen-bond donors (Lipinski definition) is 1. The molecule has 11 heteroatoms. The van der Waals surface area contributed by atoms with E-state index in [1.807, 2.05) is 24.3 Å². The van der Waals surface area contributed by atoms with Gasteiger partial charge in [-0.2, -0.15) is 0 Å². The molecule has 0 bridgehead atoms. The first-order valence-corrected chi connectivity index (χ1v) is 22.4. The van der Waals surface area contributed by atoms with Crippen LogP contribution in [0.1, 0.15) is 112 Å². The number of esters is 1.